The summed E-state index contributed by atoms with van der Waals surface area (Å²) in [6.07, 6.45) is -0.0880. The van der Waals surface area contributed by atoms with Crippen molar-refractivity contribution in [3.63, 3.8) is 0 Å². The average Bonchev–Trinajstić information content (AvgIpc) is 2.66. The molecule has 0 aliphatic carbocycles. The molecule has 0 radical (unpaired) electrons. The monoisotopic (exact) mass is 269 g/mol. The highest BCUT2D eigenvalue weighted by Crippen LogP contribution is 2.29. The smallest absolute Gasteiger partial charge is 0.307 e. The number of hydrogen-bond donors (Lipinski definition) is 1. The molecule has 0 saturated heterocycles. The van der Waals surface area contributed by atoms with Crippen molar-refractivity contribution >= 4 is 28.9 Å². The fraction of sp³-hybridized carbons (Fsp3) is 0.0909. The standard InChI is InChI=1S/C11H8ClNO3S/c12-9-6-17-11(13-9)16-8-4-2-1-3-7(8)5-10(14)15/h1-4,6H,5H2,(H,14,15). The Hall–Kier alpha value is -1.59. The lowest BCUT2D eigenvalue weighted by molar-refractivity contribution is -0.136. The molecule has 1 aromatic carbocycles. The van der Waals surface area contributed by atoms with Crippen LogP contribution in [-0.2, 0) is 11.2 Å². The van der Waals surface area contributed by atoms with E-state index in [9.17, 15) is 4.79 Å². The third-order valence-corrected chi connectivity index (χ3v) is 3.01. The Kier molecular flexibility index (Phi) is 3.61. The van der Waals surface area contributed by atoms with Crippen molar-refractivity contribution in [2.24, 2.45) is 0 Å². The number of carboxylic acid groups (broad SMARTS) is 1. The molecule has 1 heterocycles. The van der Waals surface area contributed by atoms with Gasteiger partial charge in [-0.1, -0.05) is 41.1 Å². The number of nitrogens with zero attached hydrogens (tertiary/aromatic N) is 1. The number of para-hydroxylation sites is 1. The molecule has 0 atom stereocenters. The molecule has 2 aromatic rings. The Balaban J connectivity index is 2.23. The summed E-state index contributed by atoms with van der Waals surface area (Å²) in [4.78, 5) is 14.6. The molecule has 0 saturated carbocycles. The van der Waals surface area contributed by atoms with Crippen molar-refractivity contribution in [1.29, 1.82) is 0 Å². The topological polar surface area (TPSA) is 59.4 Å². The fourth-order valence-corrected chi connectivity index (χ4v) is 2.09. The van der Waals surface area contributed by atoms with Gasteiger partial charge in [0.25, 0.3) is 5.19 Å². The summed E-state index contributed by atoms with van der Waals surface area (Å²) in [5.74, 6) is -0.417. The number of carbonyl (C=O) groups is 1. The van der Waals surface area contributed by atoms with Crippen LogP contribution in [0.25, 0.3) is 0 Å². The third-order valence-electron chi connectivity index (χ3n) is 1.97. The molecule has 0 bridgehead atoms. The summed E-state index contributed by atoms with van der Waals surface area (Å²) in [5.41, 5.74) is 0.603. The maximum atomic E-state index is 10.7. The molecule has 17 heavy (non-hydrogen) atoms. The van der Waals surface area contributed by atoms with Crippen molar-refractivity contribution in [1.82, 2.24) is 4.98 Å². The zero-order valence-corrected chi connectivity index (χ0v) is 10.2. The molecule has 0 fully saturated rings. The Bertz CT molecular complexity index is 541. The number of aliphatic carboxylic acids is 1. The molecule has 0 aliphatic heterocycles. The molecular weight excluding hydrogens is 262 g/mol. The van der Waals surface area contributed by atoms with Crippen LogP contribution in [0.4, 0.5) is 0 Å². The number of hydrogen-bond acceptors (Lipinski definition) is 4. The van der Waals surface area contributed by atoms with E-state index < -0.39 is 5.97 Å². The van der Waals surface area contributed by atoms with Gasteiger partial charge >= 0.3 is 5.97 Å². The first kappa shape index (κ1) is 11.9. The number of rotatable bonds is 4. The summed E-state index contributed by atoms with van der Waals surface area (Å²) in [5, 5.41) is 11.2. The first-order chi connectivity index (χ1) is 8.15. The summed E-state index contributed by atoms with van der Waals surface area (Å²) < 4.78 is 5.49. The Morgan fingerprint density at radius 1 is 1.47 bits per heavy atom. The highest BCUT2D eigenvalue weighted by atomic mass is 35.5. The number of halogens is 1. The quantitative estimate of drug-likeness (QED) is 0.926. The van der Waals surface area contributed by atoms with Gasteiger partial charge in [0.1, 0.15) is 10.9 Å². The number of benzene rings is 1. The van der Waals surface area contributed by atoms with E-state index >= 15 is 0 Å². The van der Waals surface area contributed by atoms with E-state index in [-0.39, 0.29) is 6.42 Å². The van der Waals surface area contributed by atoms with E-state index in [0.29, 0.717) is 21.7 Å². The molecule has 0 spiro atoms. The van der Waals surface area contributed by atoms with Crippen LogP contribution in [0.1, 0.15) is 5.56 Å². The van der Waals surface area contributed by atoms with E-state index in [1.165, 1.54) is 11.3 Å². The van der Waals surface area contributed by atoms with Gasteiger partial charge in [-0.05, 0) is 6.07 Å². The van der Waals surface area contributed by atoms with Crippen LogP contribution in [0, 0.1) is 0 Å². The second-order valence-electron chi connectivity index (χ2n) is 3.22. The minimum atomic E-state index is -0.904. The van der Waals surface area contributed by atoms with Gasteiger partial charge < -0.3 is 9.84 Å². The number of carboxylic acids is 1. The molecular formula is C11H8ClNO3S. The first-order valence-corrected chi connectivity index (χ1v) is 5.99. The van der Waals surface area contributed by atoms with Crippen LogP contribution in [-0.4, -0.2) is 16.1 Å². The molecule has 1 aromatic heterocycles. The van der Waals surface area contributed by atoms with Crippen LogP contribution in [0.15, 0.2) is 29.6 Å². The lowest BCUT2D eigenvalue weighted by atomic mass is 10.1. The Labute approximate surface area is 106 Å². The summed E-state index contributed by atoms with van der Waals surface area (Å²) in [6, 6.07) is 6.95. The predicted molar refractivity (Wildman–Crippen MR) is 65.0 cm³/mol. The Morgan fingerprint density at radius 3 is 2.88 bits per heavy atom. The zero-order chi connectivity index (χ0) is 12.3. The number of aromatic nitrogens is 1. The lowest BCUT2D eigenvalue weighted by Gasteiger charge is -2.06. The van der Waals surface area contributed by atoms with Gasteiger partial charge in [0.05, 0.1) is 6.42 Å². The predicted octanol–water partition coefficient (Wildman–Crippen LogP) is 3.22. The molecule has 2 rings (SSSR count). The second-order valence-corrected chi connectivity index (χ2v) is 4.42. The van der Waals surface area contributed by atoms with Crippen molar-refractivity contribution in [2.45, 2.75) is 6.42 Å². The molecule has 0 unspecified atom stereocenters. The van der Waals surface area contributed by atoms with Gasteiger partial charge in [0.15, 0.2) is 0 Å². The minimum Gasteiger partial charge on any atom is -0.481 e. The number of ether oxygens (including phenoxy) is 1. The normalized spacial score (nSPS) is 10.2. The van der Waals surface area contributed by atoms with Gasteiger partial charge in [0, 0.05) is 10.9 Å². The number of thiazole rings is 1. The van der Waals surface area contributed by atoms with Crippen LogP contribution in [0.5, 0.6) is 10.9 Å². The summed E-state index contributed by atoms with van der Waals surface area (Å²) in [7, 11) is 0. The summed E-state index contributed by atoms with van der Waals surface area (Å²) >= 11 is 6.94. The van der Waals surface area contributed by atoms with Gasteiger partial charge in [-0.25, -0.2) is 0 Å². The second kappa shape index (κ2) is 5.16. The maximum absolute atomic E-state index is 10.7. The minimum absolute atomic E-state index is 0.0880. The van der Waals surface area contributed by atoms with E-state index in [0.717, 1.165) is 0 Å². The molecule has 0 amide bonds. The van der Waals surface area contributed by atoms with Crippen molar-refractivity contribution in [3.05, 3.63) is 40.4 Å². The van der Waals surface area contributed by atoms with E-state index in [1.54, 1.807) is 29.6 Å². The summed E-state index contributed by atoms with van der Waals surface area (Å²) in [6.45, 7) is 0. The fourth-order valence-electron chi connectivity index (χ4n) is 1.29. The molecule has 6 heteroatoms. The molecule has 1 N–H and O–H groups in total. The average molecular weight is 270 g/mol. The largest absolute Gasteiger partial charge is 0.481 e. The highest BCUT2D eigenvalue weighted by Gasteiger charge is 2.09. The van der Waals surface area contributed by atoms with Crippen LogP contribution < -0.4 is 4.74 Å². The van der Waals surface area contributed by atoms with Gasteiger partial charge in [-0.15, -0.1) is 0 Å². The third kappa shape index (κ3) is 3.18. The van der Waals surface area contributed by atoms with Gasteiger partial charge in [-0.3, -0.25) is 4.79 Å². The lowest BCUT2D eigenvalue weighted by Crippen LogP contribution is -2.01. The maximum Gasteiger partial charge on any atom is 0.307 e. The Morgan fingerprint density at radius 2 is 2.24 bits per heavy atom. The first-order valence-electron chi connectivity index (χ1n) is 4.74. The van der Waals surface area contributed by atoms with E-state index in [2.05, 4.69) is 4.98 Å². The molecule has 4 nitrogen and oxygen atoms in total. The highest BCUT2D eigenvalue weighted by molar-refractivity contribution is 7.11. The molecule has 88 valence electrons. The zero-order valence-electron chi connectivity index (χ0n) is 8.59. The SMILES string of the molecule is O=C(O)Cc1ccccc1Oc1nc(Cl)cs1. The van der Waals surface area contributed by atoms with E-state index in [1.807, 2.05) is 0 Å². The molecule has 0 aliphatic rings. The van der Waals surface area contributed by atoms with Gasteiger partial charge in [-0.2, -0.15) is 4.98 Å². The van der Waals surface area contributed by atoms with Crippen molar-refractivity contribution < 1.29 is 14.6 Å². The van der Waals surface area contributed by atoms with Crippen molar-refractivity contribution in [2.75, 3.05) is 0 Å². The van der Waals surface area contributed by atoms with E-state index in [4.69, 9.17) is 21.4 Å². The van der Waals surface area contributed by atoms with Crippen LogP contribution in [0.3, 0.4) is 0 Å². The van der Waals surface area contributed by atoms with Crippen LogP contribution >= 0.6 is 22.9 Å². The van der Waals surface area contributed by atoms with Crippen molar-refractivity contribution in [3.8, 4) is 10.9 Å². The van der Waals surface area contributed by atoms with Crippen LogP contribution in [0.2, 0.25) is 5.15 Å². The van der Waals surface area contributed by atoms with Gasteiger partial charge in [0.2, 0.25) is 0 Å².